The number of carbonyl (C=O) groups excluding carboxylic acids is 1. The summed E-state index contributed by atoms with van der Waals surface area (Å²) in [6.45, 7) is -0.419. The number of rotatable bonds is 2. The fourth-order valence-electron chi connectivity index (χ4n) is 2.65. The molecule has 1 N–H and O–H groups in total. The molecule has 4 nitrogen and oxygen atoms in total. The predicted molar refractivity (Wildman–Crippen MR) is 80.8 cm³/mol. The van der Waals surface area contributed by atoms with E-state index in [1.165, 1.54) is 25.3 Å². The number of hydrogen-bond acceptors (Lipinski definition) is 3. The second kappa shape index (κ2) is 6.36. The topological polar surface area (TPSA) is 47.6 Å². The van der Waals surface area contributed by atoms with Crippen molar-refractivity contribution < 1.29 is 31.8 Å². The van der Waals surface area contributed by atoms with Crippen molar-refractivity contribution in [3.8, 4) is 5.75 Å². The van der Waals surface area contributed by atoms with E-state index in [4.69, 9.17) is 9.47 Å². The van der Waals surface area contributed by atoms with Crippen LogP contribution in [0.5, 0.6) is 5.75 Å². The van der Waals surface area contributed by atoms with Crippen LogP contribution in [0.4, 0.5) is 23.2 Å². The largest absolute Gasteiger partial charge is 0.494 e. The molecule has 0 fully saturated rings. The molecule has 0 aliphatic carbocycles. The Morgan fingerprint density at radius 1 is 1.20 bits per heavy atom. The number of fused-ring (bicyclic) bond motifs is 1. The molecule has 1 atom stereocenters. The van der Waals surface area contributed by atoms with Crippen LogP contribution in [0, 0.1) is 5.82 Å². The Labute approximate surface area is 140 Å². The van der Waals surface area contributed by atoms with Gasteiger partial charge in [-0.25, -0.2) is 4.39 Å². The number of methoxy groups -OCH3 is 1. The van der Waals surface area contributed by atoms with Crippen molar-refractivity contribution >= 4 is 11.6 Å². The summed E-state index contributed by atoms with van der Waals surface area (Å²) >= 11 is 0. The Bertz CT molecular complexity index is 820. The van der Waals surface area contributed by atoms with Gasteiger partial charge < -0.3 is 14.8 Å². The summed E-state index contributed by atoms with van der Waals surface area (Å²) < 4.78 is 64.0. The summed E-state index contributed by atoms with van der Waals surface area (Å²) in [5.74, 6) is -1.36. The highest BCUT2D eigenvalue weighted by Crippen LogP contribution is 2.40. The van der Waals surface area contributed by atoms with Gasteiger partial charge in [-0.3, -0.25) is 4.79 Å². The first-order valence-electron chi connectivity index (χ1n) is 7.26. The normalized spacial score (nSPS) is 17.5. The molecular formula is C17H13F4NO3. The lowest BCUT2D eigenvalue weighted by Crippen LogP contribution is -2.16. The van der Waals surface area contributed by atoms with Crippen LogP contribution in [0.3, 0.4) is 0 Å². The first-order valence-corrected chi connectivity index (χ1v) is 7.26. The summed E-state index contributed by atoms with van der Waals surface area (Å²) in [4.78, 5) is 11.7. The summed E-state index contributed by atoms with van der Waals surface area (Å²) in [5, 5.41) is 2.46. The highest BCUT2D eigenvalue weighted by molar-refractivity contribution is 5.93. The van der Waals surface area contributed by atoms with Gasteiger partial charge >= 0.3 is 6.18 Å². The molecule has 2 aromatic carbocycles. The number of amides is 1. The van der Waals surface area contributed by atoms with Crippen LogP contribution >= 0.6 is 0 Å². The van der Waals surface area contributed by atoms with Crippen LogP contribution in [-0.4, -0.2) is 19.6 Å². The van der Waals surface area contributed by atoms with E-state index in [-0.39, 0.29) is 22.6 Å². The maximum absolute atomic E-state index is 14.6. The third kappa shape index (κ3) is 3.30. The highest BCUT2D eigenvalue weighted by atomic mass is 19.4. The molecule has 132 valence electrons. The van der Waals surface area contributed by atoms with Crippen LogP contribution in [0.1, 0.15) is 22.8 Å². The van der Waals surface area contributed by atoms with Crippen molar-refractivity contribution in [2.24, 2.45) is 0 Å². The van der Waals surface area contributed by atoms with Crippen LogP contribution in [0.15, 0.2) is 36.4 Å². The number of carbonyl (C=O) groups is 1. The molecule has 0 spiro atoms. The molecule has 0 radical (unpaired) electrons. The monoisotopic (exact) mass is 355 g/mol. The van der Waals surface area contributed by atoms with Gasteiger partial charge in [0.15, 0.2) is 11.6 Å². The van der Waals surface area contributed by atoms with Crippen LogP contribution in [0.2, 0.25) is 0 Å². The number of benzene rings is 2. The number of ether oxygens (including phenoxy) is 2. The van der Waals surface area contributed by atoms with Crippen molar-refractivity contribution in [3.05, 3.63) is 58.9 Å². The van der Waals surface area contributed by atoms with Gasteiger partial charge in [0.25, 0.3) is 0 Å². The fraction of sp³-hybridized carbons (Fsp3) is 0.235. The van der Waals surface area contributed by atoms with Gasteiger partial charge in [0.1, 0.15) is 12.7 Å². The number of nitrogens with one attached hydrogen (secondary N) is 1. The Hall–Kier alpha value is -2.61. The summed E-state index contributed by atoms with van der Waals surface area (Å²) in [5.41, 5.74) is -0.772. The quantitative estimate of drug-likeness (QED) is 0.831. The molecule has 1 amide bonds. The second-order valence-corrected chi connectivity index (χ2v) is 5.40. The zero-order chi connectivity index (χ0) is 18.2. The van der Waals surface area contributed by atoms with Gasteiger partial charge in [-0.2, -0.15) is 13.2 Å². The van der Waals surface area contributed by atoms with E-state index in [0.29, 0.717) is 0 Å². The SMILES string of the molecule is COc1cccc(C2OCC(=O)Nc3ccc(C(F)(F)F)cc32)c1F. The van der Waals surface area contributed by atoms with E-state index in [2.05, 4.69) is 5.32 Å². The first kappa shape index (κ1) is 17.2. The van der Waals surface area contributed by atoms with E-state index >= 15 is 0 Å². The summed E-state index contributed by atoms with van der Waals surface area (Å²) in [6.07, 6.45) is -5.77. The minimum atomic E-state index is -4.58. The maximum atomic E-state index is 14.6. The molecule has 25 heavy (non-hydrogen) atoms. The second-order valence-electron chi connectivity index (χ2n) is 5.40. The van der Waals surface area contributed by atoms with Gasteiger partial charge in [0.2, 0.25) is 5.91 Å². The molecule has 1 heterocycles. The lowest BCUT2D eigenvalue weighted by molar-refractivity contribution is -0.137. The van der Waals surface area contributed by atoms with Crippen molar-refractivity contribution in [1.82, 2.24) is 0 Å². The number of anilines is 1. The third-order valence-corrected chi connectivity index (χ3v) is 3.81. The average Bonchev–Trinajstić information content (AvgIpc) is 2.72. The minimum Gasteiger partial charge on any atom is -0.494 e. The van der Waals surface area contributed by atoms with Crippen molar-refractivity contribution in [2.75, 3.05) is 19.0 Å². The molecule has 0 bridgehead atoms. The molecular weight excluding hydrogens is 342 g/mol. The first-order chi connectivity index (χ1) is 11.8. The molecule has 0 saturated carbocycles. The lowest BCUT2D eigenvalue weighted by atomic mass is 9.97. The smallest absolute Gasteiger partial charge is 0.416 e. The third-order valence-electron chi connectivity index (χ3n) is 3.81. The molecule has 0 saturated heterocycles. The predicted octanol–water partition coefficient (Wildman–Crippen LogP) is 3.91. The zero-order valence-electron chi connectivity index (χ0n) is 13.0. The Kier molecular flexibility index (Phi) is 4.38. The van der Waals surface area contributed by atoms with Gasteiger partial charge in [-0.15, -0.1) is 0 Å². The molecule has 1 aliphatic rings. The minimum absolute atomic E-state index is 0.0172. The molecule has 1 aliphatic heterocycles. The Balaban J connectivity index is 2.17. The maximum Gasteiger partial charge on any atom is 0.416 e. The Morgan fingerprint density at radius 2 is 1.96 bits per heavy atom. The summed E-state index contributed by atoms with van der Waals surface area (Å²) in [6, 6.07) is 7.09. The van der Waals surface area contributed by atoms with Crippen LogP contribution < -0.4 is 10.1 Å². The summed E-state index contributed by atoms with van der Waals surface area (Å²) in [7, 11) is 1.27. The molecule has 2 aromatic rings. The van der Waals surface area contributed by atoms with Gasteiger partial charge in [-0.1, -0.05) is 12.1 Å². The van der Waals surface area contributed by atoms with E-state index < -0.39 is 36.2 Å². The fourth-order valence-corrected chi connectivity index (χ4v) is 2.65. The lowest BCUT2D eigenvalue weighted by Gasteiger charge is -2.20. The van der Waals surface area contributed by atoms with Crippen molar-refractivity contribution in [2.45, 2.75) is 12.3 Å². The number of halogens is 4. The van der Waals surface area contributed by atoms with E-state index in [1.54, 1.807) is 0 Å². The molecule has 1 unspecified atom stereocenters. The molecule has 0 aromatic heterocycles. The number of alkyl halides is 3. The zero-order valence-corrected chi connectivity index (χ0v) is 13.0. The van der Waals surface area contributed by atoms with E-state index in [0.717, 1.165) is 18.2 Å². The van der Waals surface area contributed by atoms with Gasteiger partial charge in [-0.05, 0) is 24.3 Å². The highest BCUT2D eigenvalue weighted by Gasteiger charge is 2.34. The van der Waals surface area contributed by atoms with Gasteiger partial charge in [0.05, 0.1) is 12.7 Å². The van der Waals surface area contributed by atoms with Gasteiger partial charge in [0, 0.05) is 16.8 Å². The van der Waals surface area contributed by atoms with E-state index in [1.807, 2.05) is 0 Å². The molecule has 3 rings (SSSR count). The average molecular weight is 355 g/mol. The van der Waals surface area contributed by atoms with Crippen LogP contribution in [-0.2, 0) is 15.7 Å². The van der Waals surface area contributed by atoms with Crippen LogP contribution in [0.25, 0.3) is 0 Å². The Morgan fingerprint density at radius 3 is 2.64 bits per heavy atom. The number of hydrogen-bond donors (Lipinski definition) is 1. The standard InChI is InChI=1S/C17H13F4NO3/c1-24-13-4-2-3-10(15(13)18)16-11-7-9(17(19,20)21)5-6-12(11)22-14(23)8-25-16/h2-7,16H,8H2,1H3,(H,22,23). The van der Waals surface area contributed by atoms with Crippen molar-refractivity contribution in [1.29, 1.82) is 0 Å². The molecule has 8 heteroatoms. The van der Waals surface area contributed by atoms with E-state index in [9.17, 15) is 22.4 Å². The van der Waals surface area contributed by atoms with Crippen molar-refractivity contribution in [3.63, 3.8) is 0 Å².